The maximum absolute atomic E-state index is 11.1. The van der Waals surface area contributed by atoms with Gasteiger partial charge < -0.3 is 10.8 Å². The van der Waals surface area contributed by atoms with Gasteiger partial charge in [0.25, 0.3) is 5.91 Å². The van der Waals surface area contributed by atoms with Gasteiger partial charge in [-0.15, -0.1) is 0 Å². The highest BCUT2D eigenvalue weighted by atomic mass is 16.3. The lowest BCUT2D eigenvalue weighted by Crippen LogP contribution is -2.13. The van der Waals surface area contributed by atoms with Crippen molar-refractivity contribution in [3.63, 3.8) is 0 Å². The van der Waals surface area contributed by atoms with Crippen molar-refractivity contribution in [1.29, 1.82) is 5.26 Å². The maximum Gasteiger partial charge on any atom is 0.259 e. The lowest BCUT2D eigenvalue weighted by Gasteiger charge is -2.18. The molecule has 1 aliphatic rings. The number of carbonyl (C=O) groups is 1. The standard InChI is InChI=1S/C14H14N2O2/c15-8-10(14(16)18)7-12-11-4-2-1-3-9(11)5-6-13(12)17/h5-7,17H,1-4H2,(H2,16,18)/b10-7-. The summed E-state index contributed by atoms with van der Waals surface area (Å²) >= 11 is 0. The topological polar surface area (TPSA) is 87.1 Å². The highest BCUT2D eigenvalue weighted by molar-refractivity contribution is 6.01. The molecule has 92 valence electrons. The number of benzene rings is 1. The van der Waals surface area contributed by atoms with E-state index in [0.29, 0.717) is 5.56 Å². The first kappa shape index (κ1) is 12.2. The van der Waals surface area contributed by atoms with Gasteiger partial charge in [-0.2, -0.15) is 5.26 Å². The summed E-state index contributed by atoms with van der Waals surface area (Å²) < 4.78 is 0. The first-order valence-corrected chi connectivity index (χ1v) is 5.89. The van der Waals surface area contributed by atoms with E-state index >= 15 is 0 Å². The van der Waals surface area contributed by atoms with E-state index in [1.165, 1.54) is 11.6 Å². The smallest absolute Gasteiger partial charge is 0.259 e. The zero-order valence-electron chi connectivity index (χ0n) is 9.94. The van der Waals surface area contributed by atoms with Crippen LogP contribution in [0.2, 0.25) is 0 Å². The SMILES string of the molecule is N#C/C(=C/c1c(O)ccc2c1CCCC2)C(N)=O. The summed E-state index contributed by atoms with van der Waals surface area (Å²) in [4.78, 5) is 11.1. The first-order chi connectivity index (χ1) is 8.63. The predicted molar refractivity (Wildman–Crippen MR) is 67.5 cm³/mol. The third-order valence-electron chi connectivity index (χ3n) is 3.23. The molecule has 1 aromatic rings. The molecule has 18 heavy (non-hydrogen) atoms. The van der Waals surface area contributed by atoms with Crippen LogP contribution in [0.25, 0.3) is 6.08 Å². The Morgan fingerprint density at radius 1 is 1.39 bits per heavy atom. The van der Waals surface area contributed by atoms with Gasteiger partial charge in [0.15, 0.2) is 0 Å². The minimum Gasteiger partial charge on any atom is -0.507 e. The third-order valence-corrected chi connectivity index (χ3v) is 3.23. The molecule has 4 heteroatoms. The average Bonchev–Trinajstić information content (AvgIpc) is 2.37. The summed E-state index contributed by atoms with van der Waals surface area (Å²) in [5.41, 5.74) is 7.73. The highest BCUT2D eigenvalue weighted by Crippen LogP contribution is 2.32. The molecule has 0 aromatic heterocycles. The van der Waals surface area contributed by atoms with Crippen molar-refractivity contribution in [2.45, 2.75) is 25.7 Å². The molecule has 4 nitrogen and oxygen atoms in total. The van der Waals surface area contributed by atoms with E-state index in [1.54, 1.807) is 12.1 Å². The van der Waals surface area contributed by atoms with Gasteiger partial charge in [-0.3, -0.25) is 4.79 Å². The summed E-state index contributed by atoms with van der Waals surface area (Å²) in [5.74, 6) is -0.685. The van der Waals surface area contributed by atoms with Gasteiger partial charge in [-0.05, 0) is 49.0 Å². The number of aryl methyl sites for hydroxylation is 1. The minimum atomic E-state index is -0.773. The molecule has 0 fully saturated rings. The molecule has 0 saturated carbocycles. The number of hydrogen-bond donors (Lipinski definition) is 2. The Balaban J connectivity index is 2.57. The molecule has 0 heterocycles. The van der Waals surface area contributed by atoms with Crippen LogP contribution >= 0.6 is 0 Å². The Bertz CT molecular complexity index is 568. The van der Waals surface area contributed by atoms with Crippen LogP contribution in [0, 0.1) is 11.3 Å². The fourth-order valence-electron chi connectivity index (χ4n) is 2.31. The van der Waals surface area contributed by atoms with E-state index < -0.39 is 5.91 Å². The molecule has 1 aromatic carbocycles. The van der Waals surface area contributed by atoms with Crippen molar-refractivity contribution < 1.29 is 9.90 Å². The Kier molecular flexibility index (Phi) is 3.33. The summed E-state index contributed by atoms with van der Waals surface area (Å²) in [6.45, 7) is 0. The second kappa shape index (κ2) is 4.92. The Morgan fingerprint density at radius 2 is 2.11 bits per heavy atom. The number of nitriles is 1. The summed E-state index contributed by atoms with van der Waals surface area (Å²) in [6, 6.07) is 5.26. The van der Waals surface area contributed by atoms with Gasteiger partial charge in [0, 0.05) is 5.56 Å². The molecular weight excluding hydrogens is 228 g/mol. The Hall–Kier alpha value is -2.28. The number of fused-ring (bicyclic) bond motifs is 1. The monoisotopic (exact) mass is 242 g/mol. The van der Waals surface area contributed by atoms with Crippen LogP contribution in [0.15, 0.2) is 17.7 Å². The Labute approximate surface area is 105 Å². The van der Waals surface area contributed by atoms with Gasteiger partial charge in [0.2, 0.25) is 0 Å². The van der Waals surface area contributed by atoms with Crippen molar-refractivity contribution in [1.82, 2.24) is 0 Å². The first-order valence-electron chi connectivity index (χ1n) is 5.89. The maximum atomic E-state index is 11.1. The minimum absolute atomic E-state index is 0.0876. The largest absolute Gasteiger partial charge is 0.507 e. The van der Waals surface area contributed by atoms with Crippen molar-refractivity contribution in [3.8, 4) is 11.8 Å². The van der Waals surface area contributed by atoms with Crippen molar-refractivity contribution in [3.05, 3.63) is 34.4 Å². The number of phenolic OH excluding ortho intramolecular Hbond substituents is 1. The van der Waals surface area contributed by atoms with Gasteiger partial charge in [-0.25, -0.2) is 0 Å². The number of phenols is 1. The van der Waals surface area contributed by atoms with Gasteiger partial charge in [0.05, 0.1) is 0 Å². The fourth-order valence-corrected chi connectivity index (χ4v) is 2.31. The second-order valence-corrected chi connectivity index (χ2v) is 4.38. The van der Waals surface area contributed by atoms with E-state index in [1.807, 2.05) is 6.07 Å². The Morgan fingerprint density at radius 3 is 2.78 bits per heavy atom. The number of nitrogens with two attached hydrogens (primary N) is 1. The number of carbonyl (C=O) groups excluding carboxylic acids is 1. The van der Waals surface area contributed by atoms with Gasteiger partial charge >= 0.3 is 0 Å². The van der Waals surface area contributed by atoms with Crippen molar-refractivity contribution in [2.24, 2.45) is 5.73 Å². The van der Waals surface area contributed by atoms with Crippen LogP contribution in [-0.2, 0) is 17.6 Å². The van der Waals surface area contributed by atoms with E-state index in [2.05, 4.69) is 0 Å². The average molecular weight is 242 g/mol. The molecule has 1 aliphatic carbocycles. The van der Waals surface area contributed by atoms with E-state index in [4.69, 9.17) is 11.0 Å². The summed E-state index contributed by atoms with van der Waals surface area (Å²) in [6.07, 6.45) is 5.39. The number of rotatable bonds is 2. The zero-order valence-corrected chi connectivity index (χ0v) is 9.94. The normalized spacial score (nSPS) is 14.7. The number of primary amides is 1. The van der Waals surface area contributed by atoms with E-state index in [9.17, 15) is 9.90 Å². The molecular formula is C14H14N2O2. The van der Waals surface area contributed by atoms with E-state index in [0.717, 1.165) is 31.2 Å². The van der Waals surface area contributed by atoms with Crippen LogP contribution in [-0.4, -0.2) is 11.0 Å². The third kappa shape index (κ3) is 2.21. The van der Waals surface area contributed by atoms with Crippen molar-refractivity contribution in [2.75, 3.05) is 0 Å². The molecule has 0 saturated heterocycles. The van der Waals surface area contributed by atoms with Crippen LogP contribution in [0.3, 0.4) is 0 Å². The molecule has 1 amide bonds. The van der Waals surface area contributed by atoms with Crippen molar-refractivity contribution >= 4 is 12.0 Å². The van der Waals surface area contributed by atoms with Gasteiger partial charge in [0.1, 0.15) is 17.4 Å². The number of amides is 1. The van der Waals surface area contributed by atoms with Crippen LogP contribution < -0.4 is 5.73 Å². The predicted octanol–water partition coefficient (Wildman–Crippen LogP) is 1.66. The van der Waals surface area contributed by atoms with Gasteiger partial charge in [-0.1, -0.05) is 6.07 Å². The molecule has 0 atom stereocenters. The number of nitrogens with zero attached hydrogens (tertiary/aromatic N) is 1. The highest BCUT2D eigenvalue weighted by Gasteiger charge is 2.16. The molecule has 0 aliphatic heterocycles. The molecule has 0 radical (unpaired) electrons. The zero-order chi connectivity index (χ0) is 13.1. The number of hydrogen-bond acceptors (Lipinski definition) is 3. The lowest BCUT2D eigenvalue weighted by atomic mass is 9.87. The van der Waals surface area contributed by atoms with Crippen LogP contribution in [0.1, 0.15) is 29.5 Å². The van der Waals surface area contributed by atoms with Crippen LogP contribution in [0.4, 0.5) is 0 Å². The summed E-state index contributed by atoms with van der Waals surface area (Å²) in [7, 11) is 0. The molecule has 0 unspecified atom stereocenters. The molecule has 3 N–H and O–H groups in total. The summed E-state index contributed by atoms with van der Waals surface area (Å²) in [5, 5.41) is 18.7. The van der Waals surface area contributed by atoms with E-state index in [-0.39, 0.29) is 11.3 Å². The molecule has 0 bridgehead atoms. The number of aromatic hydroxyl groups is 1. The second-order valence-electron chi connectivity index (χ2n) is 4.38. The lowest BCUT2D eigenvalue weighted by molar-refractivity contribution is -0.114. The molecule has 0 spiro atoms. The fraction of sp³-hybridized carbons (Fsp3) is 0.286. The quantitative estimate of drug-likeness (QED) is 0.610. The molecule has 2 rings (SSSR count). The van der Waals surface area contributed by atoms with Crippen LogP contribution in [0.5, 0.6) is 5.75 Å².